The van der Waals surface area contributed by atoms with E-state index in [-0.39, 0.29) is 16.4 Å². The summed E-state index contributed by atoms with van der Waals surface area (Å²) in [7, 11) is 0. The molecule has 0 bridgehead atoms. The molecule has 126 valence electrons. The summed E-state index contributed by atoms with van der Waals surface area (Å²) in [5, 5.41) is 2.57. The molecule has 4 rings (SSSR count). The van der Waals surface area contributed by atoms with Gasteiger partial charge in [-0.1, -0.05) is 72.1 Å². The molecule has 2 aromatic rings. The van der Waals surface area contributed by atoms with Crippen molar-refractivity contribution in [3.8, 4) is 0 Å². The number of rotatable bonds is 0. The summed E-state index contributed by atoms with van der Waals surface area (Å²) in [5.74, 6) is -0.241. The zero-order valence-electron chi connectivity index (χ0n) is 12.6. The lowest BCUT2D eigenvalue weighted by molar-refractivity contribution is -0.113. The van der Waals surface area contributed by atoms with Crippen molar-refractivity contribution in [3.63, 3.8) is 0 Å². The van der Waals surface area contributed by atoms with Gasteiger partial charge < -0.3 is 0 Å². The Morgan fingerprint density at radius 1 is 0.800 bits per heavy atom. The predicted octanol–water partition coefficient (Wildman–Crippen LogP) is 6.76. The second-order valence-corrected chi connectivity index (χ2v) is 8.78. The highest BCUT2D eigenvalue weighted by molar-refractivity contribution is 9.17. The van der Waals surface area contributed by atoms with Crippen molar-refractivity contribution in [1.29, 1.82) is 0 Å². The van der Waals surface area contributed by atoms with E-state index in [0.29, 0.717) is 0 Å². The molecule has 2 aliphatic carbocycles. The van der Waals surface area contributed by atoms with E-state index in [1.807, 2.05) is 0 Å². The minimum atomic E-state index is -0.121. The van der Waals surface area contributed by atoms with Crippen LogP contribution in [0, 0.1) is 0 Å². The first kappa shape index (κ1) is 19.0. The average molecular weight is 590 g/mol. The Bertz CT molecular complexity index is 948. The molecular weight excluding hydrogens is 580 g/mol. The van der Waals surface area contributed by atoms with Crippen molar-refractivity contribution >= 4 is 90.5 Å². The molecule has 0 N–H and O–H groups in total. The average Bonchev–Trinajstić information content (AvgIpc) is 2.61. The fourth-order valence-corrected chi connectivity index (χ4v) is 5.41. The molecule has 1 unspecified atom stereocenters. The van der Waals surface area contributed by atoms with Crippen LogP contribution in [-0.2, 0) is 9.59 Å². The summed E-state index contributed by atoms with van der Waals surface area (Å²) in [6.45, 7) is 0. The monoisotopic (exact) mass is 586 g/mol. The fraction of sp³-hybridized carbons (Fsp3) is 0.0526. The number of halogens is 4. The lowest BCUT2D eigenvalue weighted by Crippen LogP contribution is -2.01. The maximum atomic E-state index is 10.3. The molecule has 2 aliphatic rings. The predicted molar refractivity (Wildman–Crippen MR) is 116 cm³/mol. The fourth-order valence-electron chi connectivity index (χ4n) is 2.61. The number of benzene rings is 2. The third-order valence-corrected chi connectivity index (χ3v) is 8.21. The number of allylic oxidation sites excluding steroid dienone is 5. The topological polar surface area (TPSA) is 34.1 Å². The minimum Gasteiger partial charge on any atom is -0.290 e. The summed E-state index contributed by atoms with van der Waals surface area (Å²) in [6, 6.07) is 10.7. The van der Waals surface area contributed by atoms with Gasteiger partial charge in [-0.05, 0) is 62.6 Å². The lowest BCUT2D eigenvalue weighted by atomic mass is 9.93. The van der Waals surface area contributed by atoms with Crippen LogP contribution in [0.4, 0.5) is 0 Å². The summed E-state index contributed by atoms with van der Waals surface area (Å²) < 4.78 is 3.35. The summed E-state index contributed by atoms with van der Waals surface area (Å²) in [6.07, 6.45) is 5.01. The van der Waals surface area contributed by atoms with Crippen LogP contribution < -0.4 is 0 Å². The van der Waals surface area contributed by atoms with Crippen LogP contribution in [0.3, 0.4) is 0 Å². The minimum absolute atomic E-state index is 0.121. The smallest absolute Gasteiger partial charge is 0.178 e. The van der Waals surface area contributed by atoms with Crippen LogP contribution in [-0.4, -0.2) is 11.6 Å². The van der Waals surface area contributed by atoms with Gasteiger partial charge in [-0.3, -0.25) is 9.59 Å². The van der Waals surface area contributed by atoms with Gasteiger partial charge in [-0.25, -0.2) is 0 Å². The van der Waals surface area contributed by atoms with Gasteiger partial charge >= 0.3 is 0 Å². The first-order valence-electron chi connectivity index (χ1n) is 7.25. The number of hydrogen-bond donors (Lipinski definition) is 0. The summed E-state index contributed by atoms with van der Waals surface area (Å²) >= 11 is 14.7. The first-order valence-corrected chi connectivity index (χ1v) is 10.5. The molecule has 2 nitrogen and oxygen atoms in total. The number of ketones is 2. The molecule has 0 fully saturated rings. The molecule has 6 heteroatoms. The maximum Gasteiger partial charge on any atom is 0.178 e. The van der Waals surface area contributed by atoms with Gasteiger partial charge in [0.1, 0.15) is 0 Å². The Balaban J connectivity index is 0.000000192. The number of carbonyl (C=O) groups is 2. The van der Waals surface area contributed by atoms with Crippen molar-refractivity contribution in [1.82, 2.24) is 0 Å². The van der Waals surface area contributed by atoms with Gasteiger partial charge in [0.05, 0.1) is 4.83 Å². The van der Waals surface area contributed by atoms with Gasteiger partial charge in [0.25, 0.3) is 0 Å². The normalized spacial score (nSPS) is 18.5. The molecule has 1 atom stereocenters. The van der Waals surface area contributed by atoms with Crippen LogP contribution in [0.2, 0.25) is 0 Å². The largest absolute Gasteiger partial charge is 0.290 e. The highest BCUT2D eigenvalue weighted by atomic mass is 79.9. The molecule has 0 amide bonds. The van der Waals surface area contributed by atoms with Gasteiger partial charge in [-0.15, -0.1) is 0 Å². The summed E-state index contributed by atoms with van der Waals surface area (Å²) in [4.78, 5) is 20.8. The van der Waals surface area contributed by atoms with Crippen molar-refractivity contribution in [3.05, 3.63) is 74.7 Å². The van der Waals surface area contributed by atoms with Crippen LogP contribution in [0.5, 0.6) is 0 Å². The van der Waals surface area contributed by atoms with E-state index in [9.17, 15) is 9.59 Å². The van der Waals surface area contributed by atoms with Crippen molar-refractivity contribution in [2.75, 3.05) is 0 Å². The Morgan fingerprint density at radius 3 is 2.00 bits per heavy atom. The highest BCUT2D eigenvalue weighted by Crippen LogP contribution is 2.51. The standard InChI is InChI=1S/C13H6Br4.C6H4O2/c14-8-5-4-6-2-1-3-7-9(6)10(8)12(16)13(17)11(7)15;7-5-1-2-6(8)4-3-5/h1-5,11H;1-4H. The lowest BCUT2D eigenvalue weighted by Gasteiger charge is -2.23. The molecule has 2 aromatic carbocycles. The number of hydrogen-bond acceptors (Lipinski definition) is 2. The molecule has 0 aromatic heterocycles. The summed E-state index contributed by atoms with van der Waals surface area (Å²) in [5.41, 5.74) is 2.52. The van der Waals surface area contributed by atoms with E-state index in [1.54, 1.807) is 0 Å². The van der Waals surface area contributed by atoms with Gasteiger partial charge in [-0.2, -0.15) is 0 Å². The molecule has 0 saturated heterocycles. The van der Waals surface area contributed by atoms with Crippen molar-refractivity contribution in [2.24, 2.45) is 0 Å². The third kappa shape index (κ3) is 3.82. The zero-order chi connectivity index (χ0) is 18.1. The van der Waals surface area contributed by atoms with Crippen molar-refractivity contribution in [2.45, 2.75) is 4.83 Å². The van der Waals surface area contributed by atoms with Crippen LogP contribution in [0.25, 0.3) is 15.3 Å². The Kier molecular flexibility index (Phi) is 5.93. The van der Waals surface area contributed by atoms with Crippen LogP contribution >= 0.6 is 63.7 Å². The molecule has 0 saturated carbocycles. The van der Waals surface area contributed by atoms with Gasteiger partial charge in [0, 0.05) is 19.0 Å². The van der Waals surface area contributed by atoms with E-state index in [1.165, 1.54) is 46.2 Å². The quantitative estimate of drug-likeness (QED) is 0.251. The van der Waals surface area contributed by atoms with Gasteiger partial charge in [0.15, 0.2) is 11.6 Å². The van der Waals surface area contributed by atoms with E-state index < -0.39 is 0 Å². The number of alkyl halides is 1. The molecule has 0 radical (unpaired) electrons. The molecule has 0 aliphatic heterocycles. The van der Waals surface area contributed by atoms with Crippen LogP contribution in [0.15, 0.2) is 63.6 Å². The second-order valence-electron chi connectivity index (χ2n) is 5.36. The SMILES string of the molecule is BrC1=C(Br)C(Br)c2cccc3ccc(Br)c1c23.O=C1C=CC(=O)C=C1. The Labute approximate surface area is 178 Å². The van der Waals surface area contributed by atoms with E-state index in [4.69, 9.17) is 0 Å². The van der Waals surface area contributed by atoms with E-state index >= 15 is 0 Å². The maximum absolute atomic E-state index is 10.3. The van der Waals surface area contributed by atoms with E-state index in [2.05, 4.69) is 94.1 Å². The number of carbonyl (C=O) groups excluding carboxylic acids is 2. The second kappa shape index (κ2) is 7.82. The first-order chi connectivity index (χ1) is 11.9. The Morgan fingerprint density at radius 2 is 1.40 bits per heavy atom. The third-order valence-electron chi connectivity index (χ3n) is 3.78. The Hall–Kier alpha value is -0.820. The zero-order valence-corrected chi connectivity index (χ0v) is 18.9. The molecule has 0 spiro atoms. The van der Waals surface area contributed by atoms with E-state index in [0.717, 1.165) is 13.4 Å². The molecule has 25 heavy (non-hydrogen) atoms. The highest BCUT2D eigenvalue weighted by Gasteiger charge is 2.26. The van der Waals surface area contributed by atoms with Crippen LogP contribution in [0.1, 0.15) is 16.0 Å². The van der Waals surface area contributed by atoms with Crippen molar-refractivity contribution < 1.29 is 9.59 Å². The molecular formula is C19H10Br4O2. The molecule has 0 heterocycles. The van der Waals surface area contributed by atoms with Gasteiger partial charge in [0.2, 0.25) is 0 Å².